The Morgan fingerprint density at radius 3 is 2.19 bits per heavy atom. The molecule has 0 spiro atoms. The maximum absolute atomic E-state index is 12.5. The number of amidine groups is 1. The van der Waals surface area contributed by atoms with Crippen LogP contribution in [0.15, 0.2) is 59.8 Å². The van der Waals surface area contributed by atoms with Crippen LogP contribution in [0.5, 0.6) is 0 Å². The first kappa shape index (κ1) is 14.6. The molecule has 0 heterocycles. The van der Waals surface area contributed by atoms with Gasteiger partial charge in [0.1, 0.15) is 0 Å². The minimum absolute atomic E-state index is 0.0180. The third-order valence-corrected chi connectivity index (χ3v) is 3.16. The van der Waals surface area contributed by atoms with Crippen LogP contribution in [0, 0.1) is 0 Å². The fraction of sp³-hybridized carbons (Fsp3) is 0.125. The first-order valence-corrected chi connectivity index (χ1v) is 6.62. The minimum atomic E-state index is -0.0882. The lowest BCUT2D eigenvalue weighted by molar-refractivity contribution is 0.0988. The van der Waals surface area contributed by atoms with Gasteiger partial charge in [-0.1, -0.05) is 35.5 Å². The molecular weight excluding hydrogens is 266 g/mol. The van der Waals surface area contributed by atoms with Gasteiger partial charge in [-0.3, -0.25) is 4.79 Å². The molecule has 0 unspecified atom stereocenters. The van der Waals surface area contributed by atoms with Crippen LogP contribution in [0.4, 0.5) is 5.69 Å². The summed E-state index contributed by atoms with van der Waals surface area (Å²) in [7, 11) is 0. The van der Waals surface area contributed by atoms with Crippen molar-refractivity contribution in [2.75, 3.05) is 11.4 Å². The number of nitrogens with two attached hydrogens (primary N) is 1. The second kappa shape index (κ2) is 6.56. The molecule has 0 atom stereocenters. The van der Waals surface area contributed by atoms with Gasteiger partial charge in [-0.25, -0.2) is 0 Å². The molecule has 2 aromatic carbocycles. The number of para-hydroxylation sites is 1. The Kier molecular flexibility index (Phi) is 4.56. The Balaban J connectivity index is 2.26. The van der Waals surface area contributed by atoms with E-state index in [4.69, 9.17) is 10.9 Å². The van der Waals surface area contributed by atoms with Crippen molar-refractivity contribution in [2.24, 2.45) is 10.9 Å². The number of carbonyl (C=O) groups excluding carboxylic acids is 1. The molecular formula is C16H17N3O2. The fourth-order valence-electron chi connectivity index (χ4n) is 2.05. The van der Waals surface area contributed by atoms with E-state index < -0.39 is 0 Å². The molecule has 2 aromatic rings. The van der Waals surface area contributed by atoms with Crippen molar-refractivity contribution in [1.29, 1.82) is 0 Å². The van der Waals surface area contributed by atoms with E-state index in [9.17, 15) is 4.79 Å². The van der Waals surface area contributed by atoms with Crippen LogP contribution in [-0.4, -0.2) is 23.5 Å². The number of hydrogen-bond donors (Lipinski definition) is 2. The van der Waals surface area contributed by atoms with Crippen molar-refractivity contribution in [3.8, 4) is 0 Å². The maximum atomic E-state index is 12.5. The van der Waals surface area contributed by atoms with Gasteiger partial charge in [-0.15, -0.1) is 0 Å². The van der Waals surface area contributed by atoms with E-state index in [1.807, 2.05) is 37.3 Å². The Labute approximate surface area is 123 Å². The summed E-state index contributed by atoms with van der Waals surface area (Å²) in [6.07, 6.45) is 0. The lowest BCUT2D eigenvalue weighted by Crippen LogP contribution is -2.30. The normalized spacial score (nSPS) is 11.2. The van der Waals surface area contributed by atoms with E-state index in [0.717, 1.165) is 5.69 Å². The summed E-state index contributed by atoms with van der Waals surface area (Å²) in [5.41, 5.74) is 7.47. The number of benzene rings is 2. The molecule has 21 heavy (non-hydrogen) atoms. The maximum Gasteiger partial charge on any atom is 0.258 e. The average Bonchev–Trinajstić information content (AvgIpc) is 2.56. The Morgan fingerprint density at radius 1 is 1.10 bits per heavy atom. The van der Waals surface area contributed by atoms with Crippen molar-refractivity contribution >= 4 is 17.4 Å². The van der Waals surface area contributed by atoms with E-state index in [1.165, 1.54) is 0 Å². The largest absolute Gasteiger partial charge is 0.409 e. The Bertz CT molecular complexity index is 636. The standard InChI is InChI=1S/C16H17N3O2/c1-2-19(14-6-4-3-5-7-14)16(20)13-10-8-12(9-11-13)15(17)18-21/h3-11,21H,2H2,1H3,(H2,17,18). The molecule has 0 aliphatic heterocycles. The van der Waals surface area contributed by atoms with Crippen molar-refractivity contribution < 1.29 is 10.0 Å². The number of nitrogens with zero attached hydrogens (tertiary/aromatic N) is 2. The van der Waals surface area contributed by atoms with E-state index in [2.05, 4.69) is 5.16 Å². The number of amides is 1. The molecule has 1 amide bonds. The van der Waals surface area contributed by atoms with Crippen LogP contribution in [0.2, 0.25) is 0 Å². The average molecular weight is 283 g/mol. The highest BCUT2D eigenvalue weighted by Crippen LogP contribution is 2.17. The summed E-state index contributed by atoms with van der Waals surface area (Å²) in [5, 5.41) is 11.6. The lowest BCUT2D eigenvalue weighted by Gasteiger charge is -2.21. The van der Waals surface area contributed by atoms with Crippen LogP contribution in [0.25, 0.3) is 0 Å². The summed E-state index contributed by atoms with van der Waals surface area (Å²) < 4.78 is 0. The molecule has 2 rings (SSSR count). The summed E-state index contributed by atoms with van der Waals surface area (Å²) in [4.78, 5) is 14.2. The smallest absolute Gasteiger partial charge is 0.258 e. The Hall–Kier alpha value is -2.82. The summed E-state index contributed by atoms with van der Waals surface area (Å²) >= 11 is 0. The Morgan fingerprint density at radius 2 is 1.67 bits per heavy atom. The molecule has 108 valence electrons. The third kappa shape index (κ3) is 3.20. The fourth-order valence-corrected chi connectivity index (χ4v) is 2.05. The molecule has 0 aliphatic carbocycles. The number of hydrogen-bond acceptors (Lipinski definition) is 3. The predicted molar refractivity (Wildman–Crippen MR) is 82.7 cm³/mol. The second-order valence-corrected chi connectivity index (χ2v) is 4.45. The number of anilines is 1. The van der Waals surface area contributed by atoms with Crippen molar-refractivity contribution in [3.63, 3.8) is 0 Å². The van der Waals surface area contributed by atoms with Gasteiger partial charge < -0.3 is 15.8 Å². The molecule has 0 fully saturated rings. The highest BCUT2D eigenvalue weighted by Gasteiger charge is 2.15. The van der Waals surface area contributed by atoms with Crippen molar-refractivity contribution in [2.45, 2.75) is 6.92 Å². The van der Waals surface area contributed by atoms with Gasteiger partial charge >= 0.3 is 0 Å². The molecule has 0 aliphatic rings. The van der Waals surface area contributed by atoms with Gasteiger partial charge in [0.2, 0.25) is 0 Å². The summed E-state index contributed by atoms with van der Waals surface area (Å²) in [5.74, 6) is -0.0702. The number of oxime groups is 1. The zero-order valence-corrected chi connectivity index (χ0v) is 11.7. The van der Waals surface area contributed by atoms with E-state index in [0.29, 0.717) is 17.7 Å². The van der Waals surface area contributed by atoms with Gasteiger partial charge in [0.15, 0.2) is 5.84 Å². The number of rotatable bonds is 4. The van der Waals surface area contributed by atoms with Gasteiger partial charge in [-0.2, -0.15) is 0 Å². The zero-order chi connectivity index (χ0) is 15.2. The molecule has 0 radical (unpaired) electrons. The molecule has 5 nitrogen and oxygen atoms in total. The van der Waals surface area contributed by atoms with Crippen LogP contribution < -0.4 is 10.6 Å². The van der Waals surface area contributed by atoms with Gasteiger partial charge in [-0.05, 0) is 31.2 Å². The highest BCUT2D eigenvalue weighted by molar-refractivity contribution is 6.06. The van der Waals surface area contributed by atoms with Crippen molar-refractivity contribution in [3.05, 3.63) is 65.7 Å². The monoisotopic (exact) mass is 283 g/mol. The van der Waals surface area contributed by atoms with E-state index >= 15 is 0 Å². The molecule has 3 N–H and O–H groups in total. The van der Waals surface area contributed by atoms with Gasteiger partial charge in [0.25, 0.3) is 5.91 Å². The van der Waals surface area contributed by atoms with E-state index in [1.54, 1.807) is 29.2 Å². The van der Waals surface area contributed by atoms with Crippen LogP contribution in [0.3, 0.4) is 0 Å². The van der Waals surface area contributed by atoms with Crippen LogP contribution >= 0.6 is 0 Å². The first-order chi connectivity index (χ1) is 10.2. The first-order valence-electron chi connectivity index (χ1n) is 6.62. The summed E-state index contributed by atoms with van der Waals surface area (Å²) in [6, 6.07) is 16.1. The molecule has 0 aromatic heterocycles. The molecule has 0 bridgehead atoms. The zero-order valence-electron chi connectivity index (χ0n) is 11.7. The topological polar surface area (TPSA) is 78.9 Å². The lowest BCUT2D eigenvalue weighted by atomic mass is 10.1. The number of carbonyl (C=O) groups is 1. The highest BCUT2D eigenvalue weighted by atomic mass is 16.4. The van der Waals surface area contributed by atoms with Crippen LogP contribution in [-0.2, 0) is 0 Å². The second-order valence-electron chi connectivity index (χ2n) is 4.45. The third-order valence-electron chi connectivity index (χ3n) is 3.16. The molecule has 0 saturated carbocycles. The molecule has 5 heteroatoms. The minimum Gasteiger partial charge on any atom is -0.409 e. The van der Waals surface area contributed by atoms with E-state index in [-0.39, 0.29) is 11.7 Å². The quantitative estimate of drug-likeness (QED) is 0.391. The van der Waals surface area contributed by atoms with Gasteiger partial charge in [0, 0.05) is 23.4 Å². The summed E-state index contributed by atoms with van der Waals surface area (Å²) in [6.45, 7) is 2.50. The SMILES string of the molecule is CCN(C(=O)c1ccc(/C(N)=N/O)cc1)c1ccccc1. The van der Waals surface area contributed by atoms with Gasteiger partial charge in [0.05, 0.1) is 0 Å². The predicted octanol–water partition coefficient (Wildman–Crippen LogP) is 2.45. The molecule has 0 saturated heterocycles. The van der Waals surface area contributed by atoms with Crippen LogP contribution in [0.1, 0.15) is 22.8 Å². The van der Waals surface area contributed by atoms with Crippen molar-refractivity contribution in [1.82, 2.24) is 0 Å².